The largest absolute Gasteiger partial charge is 0.468 e. The Morgan fingerprint density at radius 1 is 1.17 bits per heavy atom. The van der Waals surface area contributed by atoms with E-state index >= 15 is 0 Å². The second-order valence-electron chi connectivity index (χ2n) is 4.97. The molecule has 1 aliphatic carbocycles. The Balaban J connectivity index is 2.14. The molecule has 18 heavy (non-hydrogen) atoms. The van der Waals surface area contributed by atoms with Gasteiger partial charge >= 0.3 is 11.9 Å². The van der Waals surface area contributed by atoms with Crippen LogP contribution in [0.25, 0.3) is 0 Å². The summed E-state index contributed by atoms with van der Waals surface area (Å²) in [5.41, 5.74) is -2.29. The Morgan fingerprint density at radius 3 is 1.94 bits per heavy atom. The van der Waals surface area contributed by atoms with Crippen LogP contribution in [0.4, 0.5) is 0 Å². The van der Waals surface area contributed by atoms with Crippen molar-refractivity contribution in [1.29, 1.82) is 5.26 Å². The number of carbonyl (C=O) groups excluding carboxylic acids is 2. The molecule has 96 valence electrons. The molecule has 0 aromatic rings. The molecule has 0 aromatic carbocycles. The van der Waals surface area contributed by atoms with Crippen molar-refractivity contribution in [2.45, 2.75) is 25.0 Å². The number of carbonyl (C=O) groups is 2. The predicted molar refractivity (Wildman–Crippen MR) is 55.9 cm³/mol. The number of hydrogen-bond donors (Lipinski definition) is 0. The number of rotatable bonds is 2. The van der Waals surface area contributed by atoms with Crippen LogP contribution >= 0.6 is 0 Å². The van der Waals surface area contributed by atoms with E-state index in [9.17, 15) is 14.9 Å². The average molecular weight is 251 g/mol. The first kappa shape index (κ1) is 11.5. The van der Waals surface area contributed by atoms with Crippen molar-refractivity contribution in [2.24, 2.45) is 16.7 Å². The molecule has 3 fully saturated rings. The standard InChI is InChI=1S/C12H13NO5/c1-16-9(14)11-6(5-13)12(11,10(15)17-2)8-4-3-7(11)18-8/h6-8H,3-4H2,1-2H3/t6?,7-,8+,11-,12+. The molecule has 6 nitrogen and oxygen atoms in total. The summed E-state index contributed by atoms with van der Waals surface area (Å²) < 4.78 is 15.3. The third-order valence-corrected chi connectivity index (χ3v) is 4.72. The van der Waals surface area contributed by atoms with Crippen LogP contribution in [-0.2, 0) is 23.8 Å². The minimum absolute atomic E-state index is 0.404. The summed E-state index contributed by atoms with van der Waals surface area (Å²) in [6, 6.07) is 2.07. The van der Waals surface area contributed by atoms with E-state index in [0.717, 1.165) is 0 Å². The normalized spacial score (nSPS) is 47.1. The summed E-state index contributed by atoms with van der Waals surface area (Å²) in [5, 5.41) is 9.27. The van der Waals surface area contributed by atoms with Gasteiger partial charge in [0.2, 0.25) is 0 Å². The van der Waals surface area contributed by atoms with Gasteiger partial charge < -0.3 is 14.2 Å². The maximum atomic E-state index is 12.1. The number of methoxy groups -OCH3 is 2. The molecule has 0 radical (unpaired) electrons. The summed E-state index contributed by atoms with van der Waals surface area (Å²) >= 11 is 0. The van der Waals surface area contributed by atoms with Gasteiger partial charge in [0.25, 0.3) is 0 Å². The van der Waals surface area contributed by atoms with E-state index in [1.807, 2.05) is 0 Å². The van der Waals surface area contributed by atoms with E-state index in [1.165, 1.54) is 14.2 Å². The van der Waals surface area contributed by atoms with Crippen molar-refractivity contribution < 1.29 is 23.8 Å². The smallest absolute Gasteiger partial charge is 0.317 e. The van der Waals surface area contributed by atoms with E-state index in [2.05, 4.69) is 6.07 Å². The first-order valence-electron chi connectivity index (χ1n) is 5.84. The highest BCUT2D eigenvalue weighted by Crippen LogP contribution is 2.81. The minimum Gasteiger partial charge on any atom is -0.468 e. The second-order valence-corrected chi connectivity index (χ2v) is 4.97. The molecule has 3 aliphatic rings. The third kappa shape index (κ3) is 0.811. The molecular formula is C12H13NO5. The maximum Gasteiger partial charge on any atom is 0.317 e. The lowest BCUT2D eigenvalue weighted by Crippen LogP contribution is -2.39. The quantitative estimate of drug-likeness (QED) is 0.643. The molecule has 0 aromatic heterocycles. The molecule has 1 saturated carbocycles. The van der Waals surface area contributed by atoms with Gasteiger partial charge in [-0.25, -0.2) is 0 Å². The Bertz CT molecular complexity index is 447. The second kappa shape index (κ2) is 3.23. The van der Waals surface area contributed by atoms with Crippen LogP contribution in [0.2, 0.25) is 0 Å². The Morgan fingerprint density at radius 2 is 1.61 bits per heavy atom. The van der Waals surface area contributed by atoms with Crippen molar-refractivity contribution in [3.8, 4) is 6.07 Å². The van der Waals surface area contributed by atoms with Gasteiger partial charge in [-0.15, -0.1) is 0 Å². The Labute approximate surface area is 104 Å². The van der Waals surface area contributed by atoms with Gasteiger partial charge in [0.1, 0.15) is 10.8 Å². The molecule has 0 amide bonds. The third-order valence-electron chi connectivity index (χ3n) is 4.72. The zero-order chi connectivity index (χ0) is 13.1. The van der Waals surface area contributed by atoms with E-state index < -0.39 is 40.9 Å². The highest BCUT2D eigenvalue weighted by molar-refractivity contribution is 5.99. The molecule has 6 heteroatoms. The fourth-order valence-corrected chi connectivity index (χ4v) is 4.11. The van der Waals surface area contributed by atoms with Crippen LogP contribution in [0, 0.1) is 28.1 Å². The van der Waals surface area contributed by atoms with Gasteiger partial charge in [-0.1, -0.05) is 0 Å². The minimum atomic E-state index is -1.15. The summed E-state index contributed by atoms with van der Waals surface area (Å²) in [6.07, 6.45) is 0.547. The van der Waals surface area contributed by atoms with Crippen LogP contribution in [0.15, 0.2) is 0 Å². The monoisotopic (exact) mass is 251 g/mol. The molecule has 5 atom stereocenters. The average Bonchev–Trinajstić information content (AvgIpc) is 2.69. The summed E-state index contributed by atoms with van der Waals surface area (Å²) in [6.45, 7) is 0. The molecule has 2 heterocycles. The zero-order valence-corrected chi connectivity index (χ0v) is 10.1. The van der Waals surface area contributed by atoms with Crippen LogP contribution in [0.3, 0.4) is 0 Å². The van der Waals surface area contributed by atoms with Crippen molar-refractivity contribution in [1.82, 2.24) is 0 Å². The zero-order valence-electron chi connectivity index (χ0n) is 10.1. The summed E-state index contributed by atoms with van der Waals surface area (Å²) in [7, 11) is 2.52. The number of esters is 2. The van der Waals surface area contributed by atoms with Gasteiger partial charge in [0, 0.05) is 0 Å². The number of nitrogens with zero attached hydrogens (tertiary/aromatic N) is 1. The van der Waals surface area contributed by atoms with Crippen LogP contribution in [0.1, 0.15) is 12.8 Å². The van der Waals surface area contributed by atoms with Gasteiger partial charge in [-0.2, -0.15) is 5.26 Å². The molecule has 2 saturated heterocycles. The lowest BCUT2D eigenvalue weighted by molar-refractivity contribution is -0.157. The SMILES string of the molecule is COC(=O)[C@@]12C(C#N)[C@]1(C(=O)OC)[C@H]1CC[C@@H]2O1. The maximum absolute atomic E-state index is 12.1. The predicted octanol–water partition coefficient (Wildman–Crippen LogP) is 0.0198. The fourth-order valence-electron chi connectivity index (χ4n) is 4.11. The van der Waals surface area contributed by atoms with Gasteiger partial charge in [-0.05, 0) is 12.8 Å². The van der Waals surface area contributed by atoms with Crippen molar-refractivity contribution in [2.75, 3.05) is 14.2 Å². The van der Waals surface area contributed by atoms with Crippen LogP contribution in [-0.4, -0.2) is 38.4 Å². The number of hydrogen-bond acceptors (Lipinski definition) is 6. The van der Waals surface area contributed by atoms with Crippen molar-refractivity contribution >= 4 is 11.9 Å². The van der Waals surface area contributed by atoms with E-state index in [0.29, 0.717) is 12.8 Å². The highest BCUT2D eigenvalue weighted by Gasteiger charge is 2.96. The lowest BCUT2D eigenvalue weighted by Gasteiger charge is -2.21. The summed E-state index contributed by atoms with van der Waals surface area (Å²) in [5.74, 6) is -1.77. The van der Waals surface area contributed by atoms with E-state index in [1.54, 1.807) is 0 Å². The molecule has 0 spiro atoms. The number of ether oxygens (including phenoxy) is 3. The topological polar surface area (TPSA) is 85.6 Å². The van der Waals surface area contributed by atoms with Crippen molar-refractivity contribution in [3.05, 3.63) is 0 Å². The molecule has 0 N–H and O–H groups in total. The first-order chi connectivity index (χ1) is 8.62. The highest BCUT2D eigenvalue weighted by atomic mass is 16.6. The van der Waals surface area contributed by atoms with E-state index in [-0.39, 0.29) is 0 Å². The summed E-state index contributed by atoms with van der Waals surface area (Å²) in [4.78, 5) is 24.2. The van der Waals surface area contributed by atoms with Crippen LogP contribution < -0.4 is 0 Å². The van der Waals surface area contributed by atoms with Crippen LogP contribution in [0.5, 0.6) is 0 Å². The number of nitriles is 1. The lowest BCUT2D eigenvalue weighted by atomic mass is 9.79. The molecule has 3 rings (SSSR count). The van der Waals surface area contributed by atoms with Gasteiger partial charge in [0.05, 0.1) is 38.4 Å². The first-order valence-corrected chi connectivity index (χ1v) is 5.84. The molecule has 1 unspecified atom stereocenters. The molecular weight excluding hydrogens is 238 g/mol. The molecule has 2 aliphatic heterocycles. The Kier molecular flexibility index (Phi) is 2.06. The van der Waals surface area contributed by atoms with Crippen molar-refractivity contribution in [3.63, 3.8) is 0 Å². The molecule has 2 bridgehead atoms. The number of fused-ring (bicyclic) bond motifs is 5. The Hall–Kier alpha value is -1.61. The van der Waals surface area contributed by atoms with E-state index in [4.69, 9.17) is 14.2 Å². The fraction of sp³-hybridized carbons (Fsp3) is 0.750. The van der Waals surface area contributed by atoms with Gasteiger partial charge in [0.15, 0.2) is 0 Å². The van der Waals surface area contributed by atoms with Gasteiger partial charge in [-0.3, -0.25) is 9.59 Å².